The third kappa shape index (κ3) is 5.35. The first-order valence-electron chi connectivity index (χ1n) is 12.4. The number of carbonyl (C=O) groups excluding carboxylic acids is 2. The van der Waals surface area contributed by atoms with Crippen molar-refractivity contribution in [3.05, 3.63) is 83.9 Å². The molecule has 2 aliphatic rings. The predicted octanol–water partition coefficient (Wildman–Crippen LogP) is 3.41. The second-order valence-electron chi connectivity index (χ2n) is 9.58. The number of hydrogen-bond acceptors (Lipinski definition) is 6. The molecule has 0 atom stereocenters. The van der Waals surface area contributed by atoms with Crippen LogP contribution in [0, 0.1) is 0 Å². The lowest BCUT2D eigenvalue weighted by atomic mass is 9.99. The van der Waals surface area contributed by atoms with Gasteiger partial charge >= 0.3 is 0 Å². The highest BCUT2D eigenvalue weighted by molar-refractivity contribution is 6.37. The van der Waals surface area contributed by atoms with E-state index in [0.29, 0.717) is 23.5 Å². The molecule has 3 aromatic carbocycles. The molecule has 0 spiro atoms. The number of hydrogen-bond donors (Lipinski definition) is 3. The molecule has 1 saturated heterocycles. The van der Waals surface area contributed by atoms with Crippen molar-refractivity contribution < 1.29 is 9.59 Å². The maximum atomic E-state index is 13.0. The molecule has 0 radical (unpaired) electrons. The summed E-state index contributed by atoms with van der Waals surface area (Å²) in [5.41, 5.74) is 11.9. The number of carbonyl (C=O) groups is 2. The Bertz CT molecular complexity index is 1330. The van der Waals surface area contributed by atoms with Crippen molar-refractivity contribution in [2.45, 2.75) is 0 Å². The second-order valence-corrected chi connectivity index (χ2v) is 9.58. The number of likely N-dealkylation sites (N-methyl/N-ethyl adjacent to an activating group) is 2. The lowest BCUT2D eigenvalue weighted by molar-refractivity contribution is -0.119. The molecule has 3 aromatic rings. The van der Waals surface area contributed by atoms with Crippen molar-refractivity contribution in [1.82, 2.24) is 9.80 Å². The van der Waals surface area contributed by atoms with E-state index >= 15 is 0 Å². The van der Waals surface area contributed by atoms with E-state index in [0.717, 1.165) is 54.4 Å². The van der Waals surface area contributed by atoms with Crippen molar-refractivity contribution in [2.75, 3.05) is 68.1 Å². The highest BCUT2D eigenvalue weighted by Crippen LogP contribution is 2.38. The number of nitrogens with two attached hydrogens (primary N) is 1. The highest BCUT2D eigenvalue weighted by Gasteiger charge is 2.28. The minimum Gasteiger partial charge on any atom is -0.399 e. The minimum atomic E-state index is -0.183. The van der Waals surface area contributed by atoms with E-state index in [9.17, 15) is 9.59 Å². The summed E-state index contributed by atoms with van der Waals surface area (Å²) in [6, 6.07) is 22.8. The summed E-state index contributed by atoms with van der Waals surface area (Å²) in [5, 5.41) is 6.39. The number of anilines is 4. The Morgan fingerprint density at radius 1 is 1.00 bits per heavy atom. The maximum Gasteiger partial charge on any atom is 0.258 e. The summed E-state index contributed by atoms with van der Waals surface area (Å²) >= 11 is 0. The molecule has 4 N–H and O–H groups in total. The molecule has 0 saturated carbocycles. The second kappa shape index (κ2) is 10.5. The predicted molar refractivity (Wildman–Crippen MR) is 150 cm³/mol. The number of piperazine rings is 1. The Kier molecular flexibility index (Phi) is 6.94. The van der Waals surface area contributed by atoms with E-state index in [1.807, 2.05) is 73.8 Å². The zero-order chi connectivity index (χ0) is 25.9. The van der Waals surface area contributed by atoms with Crippen molar-refractivity contribution in [3.8, 4) is 0 Å². The molecule has 0 bridgehead atoms. The average molecular weight is 497 g/mol. The minimum absolute atomic E-state index is 0.0641. The van der Waals surface area contributed by atoms with E-state index in [-0.39, 0.29) is 11.8 Å². The third-order valence-electron chi connectivity index (χ3n) is 6.95. The maximum absolute atomic E-state index is 13.0. The highest BCUT2D eigenvalue weighted by atomic mass is 16.2. The quantitative estimate of drug-likeness (QED) is 0.358. The van der Waals surface area contributed by atoms with Crippen LogP contribution in [0.5, 0.6) is 0 Å². The topological polar surface area (TPSA) is 93.9 Å². The fourth-order valence-corrected chi connectivity index (χ4v) is 4.68. The number of nitrogens with one attached hydrogen (secondary N) is 2. The number of benzene rings is 3. The van der Waals surface area contributed by atoms with Crippen LogP contribution in [0.3, 0.4) is 0 Å². The van der Waals surface area contributed by atoms with Crippen LogP contribution in [-0.2, 0) is 9.59 Å². The normalized spacial score (nSPS) is 17.2. The lowest BCUT2D eigenvalue weighted by Gasteiger charge is -2.32. The summed E-state index contributed by atoms with van der Waals surface area (Å²) in [6.45, 7) is 4.17. The molecule has 1 fully saturated rings. The van der Waals surface area contributed by atoms with Gasteiger partial charge in [0, 0.05) is 61.5 Å². The van der Waals surface area contributed by atoms with Gasteiger partial charge in [0.25, 0.3) is 5.91 Å². The van der Waals surface area contributed by atoms with E-state index in [1.165, 1.54) is 0 Å². The van der Waals surface area contributed by atoms with Crippen LogP contribution < -0.4 is 21.3 Å². The van der Waals surface area contributed by atoms with Gasteiger partial charge in [-0.25, -0.2) is 0 Å². The molecule has 0 aliphatic carbocycles. The van der Waals surface area contributed by atoms with Crippen LogP contribution in [0.15, 0.2) is 72.8 Å². The molecule has 190 valence electrons. The van der Waals surface area contributed by atoms with Crippen molar-refractivity contribution in [2.24, 2.45) is 0 Å². The van der Waals surface area contributed by atoms with E-state index < -0.39 is 0 Å². The number of nitrogens with zero attached hydrogens (tertiary/aromatic N) is 3. The van der Waals surface area contributed by atoms with Gasteiger partial charge in [-0.1, -0.05) is 30.3 Å². The molecule has 2 amide bonds. The van der Waals surface area contributed by atoms with Gasteiger partial charge in [0.05, 0.1) is 17.8 Å². The zero-order valence-electron chi connectivity index (χ0n) is 21.2. The zero-order valence-corrected chi connectivity index (χ0v) is 21.2. The first-order chi connectivity index (χ1) is 17.9. The van der Waals surface area contributed by atoms with Gasteiger partial charge < -0.3 is 26.2 Å². The van der Waals surface area contributed by atoms with Gasteiger partial charge in [-0.2, -0.15) is 0 Å². The molecule has 37 heavy (non-hydrogen) atoms. The standard InChI is InChI=1S/C29H32N6O2/c1-33-14-16-35(17-15-33)19-26(36)34(2)23-11-9-22(10-12-23)31-28(20-6-4-3-5-7-20)27-24-18-21(30)8-13-25(24)32-29(27)37/h3-13,18,31H,14-17,19,30H2,1-2H3,(H,32,37)/b28-27-. The van der Waals surface area contributed by atoms with Crippen LogP contribution >= 0.6 is 0 Å². The Hall–Kier alpha value is -4.14. The molecule has 0 aromatic heterocycles. The molecule has 5 rings (SSSR count). The molecule has 2 heterocycles. The van der Waals surface area contributed by atoms with Gasteiger partial charge in [-0.15, -0.1) is 0 Å². The SMILES string of the molecule is CN1CCN(CC(=O)N(C)c2ccc(N/C(=C3\C(=O)Nc4ccc(N)cc43)c3ccccc3)cc2)CC1. The van der Waals surface area contributed by atoms with E-state index in [2.05, 4.69) is 27.5 Å². The Labute approximate surface area is 217 Å². The molecule has 2 aliphatic heterocycles. The van der Waals surface area contributed by atoms with Crippen LogP contribution in [0.2, 0.25) is 0 Å². The first-order valence-corrected chi connectivity index (χ1v) is 12.4. The molecular weight excluding hydrogens is 464 g/mol. The van der Waals surface area contributed by atoms with Gasteiger partial charge in [0.2, 0.25) is 5.91 Å². The Morgan fingerprint density at radius 3 is 2.41 bits per heavy atom. The largest absolute Gasteiger partial charge is 0.399 e. The monoisotopic (exact) mass is 496 g/mol. The summed E-state index contributed by atoms with van der Waals surface area (Å²) in [5.74, 6) is -0.119. The third-order valence-corrected chi connectivity index (χ3v) is 6.95. The Morgan fingerprint density at radius 2 is 1.70 bits per heavy atom. The van der Waals surface area contributed by atoms with Crippen LogP contribution in [0.4, 0.5) is 22.7 Å². The van der Waals surface area contributed by atoms with Crippen molar-refractivity contribution in [1.29, 1.82) is 0 Å². The summed E-state index contributed by atoms with van der Waals surface area (Å²) < 4.78 is 0. The van der Waals surface area contributed by atoms with Gasteiger partial charge in [-0.3, -0.25) is 14.5 Å². The van der Waals surface area contributed by atoms with Crippen LogP contribution in [-0.4, -0.2) is 68.4 Å². The summed E-state index contributed by atoms with van der Waals surface area (Å²) in [4.78, 5) is 32.1. The number of rotatable bonds is 6. The first kappa shape index (κ1) is 24.5. The summed E-state index contributed by atoms with van der Waals surface area (Å²) in [7, 11) is 3.91. The fraction of sp³-hybridized carbons (Fsp3) is 0.241. The number of fused-ring (bicyclic) bond motifs is 1. The summed E-state index contributed by atoms with van der Waals surface area (Å²) in [6.07, 6.45) is 0. The van der Waals surface area contributed by atoms with Crippen molar-refractivity contribution in [3.63, 3.8) is 0 Å². The fourth-order valence-electron chi connectivity index (χ4n) is 4.68. The van der Waals surface area contributed by atoms with Gasteiger partial charge in [0.1, 0.15) is 0 Å². The number of amides is 2. The van der Waals surface area contributed by atoms with E-state index in [1.54, 1.807) is 11.0 Å². The molecule has 8 nitrogen and oxygen atoms in total. The van der Waals surface area contributed by atoms with Gasteiger partial charge in [-0.05, 0) is 55.1 Å². The molecular formula is C29H32N6O2. The Balaban J connectivity index is 1.39. The van der Waals surface area contributed by atoms with E-state index in [4.69, 9.17) is 5.73 Å². The number of nitrogen functional groups attached to an aromatic ring is 1. The van der Waals surface area contributed by atoms with Crippen molar-refractivity contribution >= 4 is 45.8 Å². The molecule has 0 unspecified atom stereocenters. The average Bonchev–Trinajstić information content (AvgIpc) is 3.23. The molecule has 8 heteroatoms. The lowest BCUT2D eigenvalue weighted by Crippen LogP contribution is -2.48. The van der Waals surface area contributed by atoms with Crippen LogP contribution in [0.1, 0.15) is 11.1 Å². The van der Waals surface area contributed by atoms with Crippen LogP contribution in [0.25, 0.3) is 11.3 Å². The smallest absolute Gasteiger partial charge is 0.258 e. The van der Waals surface area contributed by atoms with Gasteiger partial charge in [0.15, 0.2) is 0 Å².